The molecule has 2 nitrogen and oxygen atoms in total. The van der Waals surface area contributed by atoms with E-state index in [2.05, 4.69) is 0 Å². The molecule has 1 N–H and O–H groups in total. The fourth-order valence-electron chi connectivity index (χ4n) is 1.25. The van der Waals surface area contributed by atoms with E-state index in [1.807, 2.05) is 0 Å². The number of Topliss-reactive ketones (excluding diaryl/α,β-unsaturated/α-hetero) is 1. The minimum Gasteiger partial charge on any atom is -0.507 e. The van der Waals surface area contributed by atoms with Crippen molar-refractivity contribution in [3.05, 3.63) is 28.3 Å². The highest BCUT2D eigenvalue weighted by Gasteiger charge is 2.12. The number of rotatable bonds is 4. The standard InChI is InChI=1S/C11H12Cl2O2/c1-7-5-11(15)8(6-9(7)13)10(14)3-2-4-12/h5-6,15H,2-4H2,1H3. The van der Waals surface area contributed by atoms with E-state index in [4.69, 9.17) is 23.2 Å². The lowest BCUT2D eigenvalue weighted by molar-refractivity contribution is 0.0979. The third kappa shape index (κ3) is 3.11. The predicted octanol–water partition coefficient (Wildman–Crippen LogP) is 3.56. The summed E-state index contributed by atoms with van der Waals surface area (Å²) >= 11 is 11.4. The minimum atomic E-state index is -0.130. The van der Waals surface area contributed by atoms with Crippen LogP contribution in [0, 0.1) is 6.92 Å². The lowest BCUT2D eigenvalue weighted by atomic mass is 10.0. The Morgan fingerprint density at radius 3 is 2.73 bits per heavy atom. The smallest absolute Gasteiger partial charge is 0.166 e. The van der Waals surface area contributed by atoms with Crippen LogP contribution in [0.2, 0.25) is 5.02 Å². The van der Waals surface area contributed by atoms with Gasteiger partial charge in [0.2, 0.25) is 0 Å². The van der Waals surface area contributed by atoms with Gasteiger partial charge in [0.25, 0.3) is 0 Å². The second kappa shape index (κ2) is 5.38. The van der Waals surface area contributed by atoms with Gasteiger partial charge in [-0.1, -0.05) is 11.6 Å². The molecule has 0 amide bonds. The molecule has 0 unspecified atom stereocenters. The average Bonchev–Trinajstić information content (AvgIpc) is 2.20. The third-order valence-corrected chi connectivity index (χ3v) is 2.79. The topological polar surface area (TPSA) is 37.3 Å². The van der Waals surface area contributed by atoms with Gasteiger partial charge in [-0.3, -0.25) is 4.79 Å². The SMILES string of the molecule is Cc1cc(O)c(C(=O)CCCCl)cc1Cl. The zero-order valence-electron chi connectivity index (χ0n) is 8.39. The number of phenolic OH excluding ortho intramolecular Hbond substituents is 1. The molecule has 0 fully saturated rings. The van der Waals surface area contributed by atoms with Crippen LogP contribution in [0.1, 0.15) is 28.8 Å². The number of carbonyl (C=O) groups excluding carboxylic acids is 1. The van der Waals surface area contributed by atoms with Crippen molar-refractivity contribution in [2.45, 2.75) is 19.8 Å². The number of aromatic hydroxyl groups is 1. The zero-order valence-corrected chi connectivity index (χ0v) is 9.90. The van der Waals surface area contributed by atoms with Gasteiger partial charge in [-0.05, 0) is 31.0 Å². The Balaban J connectivity index is 2.94. The highest BCUT2D eigenvalue weighted by atomic mass is 35.5. The van der Waals surface area contributed by atoms with E-state index in [1.54, 1.807) is 6.92 Å². The Morgan fingerprint density at radius 2 is 2.13 bits per heavy atom. The molecule has 0 aliphatic carbocycles. The van der Waals surface area contributed by atoms with Gasteiger partial charge in [0, 0.05) is 17.3 Å². The molecule has 0 spiro atoms. The number of carbonyl (C=O) groups is 1. The number of halogens is 2. The quantitative estimate of drug-likeness (QED) is 0.652. The van der Waals surface area contributed by atoms with Crippen LogP contribution in [-0.2, 0) is 0 Å². The van der Waals surface area contributed by atoms with E-state index in [0.717, 1.165) is 5.56 Å². The summed E-state index contributed by atoms with van der Waals surface area (Å²) < 4.78 is 0. The molecular weight excluding hydrogens is 235 g/mol. The second-order valence-electron chi connectivity index (χ2n) is 3.33. The molecule has 1 rings (SSSR count). The fraction of sp³-hybridized carbons (Fsp3) is 0.364. The Bertz CT molecular complexity index is 375. The maximum atomic E-state index is 11.6. The van der Waals surface area contributed by atoms with Gasteiger partial charge in [0.15, 0.2) is 5.78 Å². The van der Waals surface area contributed by atoms with Crippen molar-refractivity contribution in [3.63, 3.8) is 0 Å². The molecule has 0 saturated carbocycles. The van der Waals surface area contributed by atoms with Gasteiger partial charge in [-0.2, -0.15) is 0 Å². The first-order valence-corrected chi connectivity index (χ1v) is 5.55. The van der Waals surface area contributed by atoms with Crippen molar-refractivity contribution in [2.75, 3.05) is 5.88 Å². The largest absolute Gasteiger partial charge is 0.507 e. The summed E-state index contributed by atoms with van der Waals surface area (Å²) in [5.74, 6) is 0.290. The highest BCUT2D eigenvalue weighted by molar-refractivity contribution is 6.31. The molecule has 0 atom stereocenters. The summed E-state index contributed by atoms with van der Waals surface area (Å²) in [5, 5.41) is 10.1. The average molecular weight is 247 g/mol. The second-order valence-corrected chi connectivity index (χ2v) is 4.12. The number of phenols is 1. The molecule has 0 aromatic heterocycles. The predicted molar refractivity (Wildman–Crippen MR) is 62.1 cm³/mol. The van der Waals surface area contributed by atoms with E-state index < -0.39 is 0 Å². The number of aryl methyl sites for hydroxylation is 1. The van der Waals surface area contributed by atoms with Gasteiger partial charge in [0.05, 0.1) is 5.56 Å². The van der Waals surface area contributed by atoms with Gasteiger partial charge in [-0.15, -0.1) is 11.6 Å². The Kier molecular flexibility index (Phi) is 4.43. The zero-order chi connectivity index (χ0) is 11.4. The number of alkyl halides is 1. The van der Waals surface area contributed by atoms with Crippen molar-refractivity contribution in [3.8, 4) is 5.75 Å². The van der Waals surface area contributed by atoms with Crippen LogP contribution in [-0.4, -0.2) is 16.8 Å². The lowest BCUT2D eigenvalue weighted by Gasteiger charge is -2.06. The fourth-order valence-corrected chi connectivity index (χ4v) is 1.55. The van der Waals surface area contributed by atoms with Crippen molar-refractivity contribution in [1.29, 1.82) is 0 Å². The van der Waals surface area contributed by atoms with Crippen LogP contribution >= 0.6 is 23.2 Å². The number of hydrogen-bond acceptors (Lipinski definition) is 2. The summed E-state index contributed by atoms with van der Waals surface area (Å²) in [6.45, 7) is 1.77. The minimum absolute atomic E-state index is 0.0172. The van der Waals surface area contributed by atoms with Crippen LogP contribution in [0.25, 0.3) is 0 Å². The third-order valence-electron chi connectivity index (χ3n) is 2.11. The summed E-state index contributed by atoms with van der Waals surface area (Å²) in [6.07, 6.45) is 0.932. The first-order valence-electron chi connectivity index (χ1n) is 4.64. The van der Waals surface area contributed by atoms with Crippen molar-refractivity contribution in [1.82, 2.24) is 0 Å². The van der Waals surface area contributed by atoms with Gasteiger partial charge in [0.1, 0.15) is 5.75 Å². The first kappa shape index (κ1) is 12.3. The van der Waals surface area contributed by atoms with Crippen LogP contribution in [0.15, 0.2) is 12.1 Å². The van der Waals surface area contributed by atoms with Crippen LogP contribution in [0.3, 0.4) is 0 Å². The number of benzene rings is 1. The van der Waals surface area contributed by atoms with Crippen LogP contribution < -0.4 is 0 Å². The lowest BCUT2D eigenvalue weighted by Crippen LogP contribution is -2.00. The van der Waals surface area contributed by atoms with E-state index in [1.165, 1.54) is 12.1 Å². The highest BCUT2D eigenvalue weighted by Crippen LogP contribution is 2.26. The monoisotopic (exact) mass is 246 g/mol. The number of hydrogen-bond donors (Lipinski definition) is 1. The molecule has 0 aliphatic rings. The number of ketones is 1. The van der Waals surface area contributed by atoms with Crippen molar-refractivity contribution in [2.24, 2.45) is 0 Å². The Labute approximate surface area is 98.8 Å². The van der Waals surface area contributed by atoms with Gasteiger partial charge < -0.3 is 5.11 Å². The van der Waals surface area contributed by atoms with E-state index >= 15 is 0 Å². The van der Waals surface area contributed by atoms with E-state index in [9.17, 15) is 9.90 Å². The molecule has 1 aromatic rings. The van der Waals surface area contributed by atoms with Crippen LogP contribution in [0.5, 0.6) is 5.75 Å². The maximum absolute atomic E-state index is 11.6. The molecule has 0 aliphatic heterocycles. The van der Waals surface area contributed by atoms with Crippen molar-refractivity contribution < 1.29 is 9.90 Å². The molecule has 0 radical (unpaired) electrons. The molecule has 4 heteroatoms. The van der Waals surface area contributed by atoms with Gasteiger partial charge in [-0.25, -0.2) is 0 Å². The molecular formula is C11H12Cl2O2. The first-order chi connectivity index (χ1) is 7.06. The summed E-state index contributed by atoms with van der Waals surface area (Å²) in [6, 6.07) is 3.00. The molecule has 0 heterocycles. The van der Waals surface area contributed by atoms with E-state index in [-0.39, 0.29) is 17.1 Å². The molecule has 0 bridgehead atoms. The van der Waals surface area contributed by atoms with E-state index in [0.29, 0.717) is 23.7 Å². The van der Waals surface area contributed by atoms with Crippen LogP contribution in [0.4, 0.5) is 0 Å². The molecule has 1 aromatic carbocycles. The maximum Gasteiger partial charge on any atom is 0.166 e. The Hall–Kier alpha value is -0.730. The molecule has 82 valence electrons. The summed E-state index contributed by atoms with van der Waals surface area (Å²) in [4.78, 5) is 11.6. The summed E-state index contributed by atoms with van der Waals surface area (Å²) in [7, 11) is 0. The molecule has 15 heavy (non-hydrogen) atoms. The van der Waals surface area contributed by atoms with Gasteiger partial charge >= 0.3 is 0 Å². The molecule has 0 saturated heterocycles. The summed E-state index contributed by atoms with van der Waals surface area (Å²) in [5.41, 5.74) is 1.03. The van der Waals surface area contributed by atoms with Crippen molar-refractivity contribution >= 4 is 29.0 Å². The Morgan fingerprint density at radius 1 is 1.47 bits per heavy atom. The normalized spacial score (nSPS) is 10.3.